The Bertz CT molecular complexity index is 1180. The Morgan fingerprint density at radius 1 is 0.935 bits per heavy atom. The van der Waals surface area contributed by atoms with Crippen LogP contribution in [0.1, 0.15) is 29.1 Å². The highest BCUT2D eigenvalue weighted by Gasteiger charge is 2.42. The molecule has 2 aromatic heterocycles. The predicted octanol–water partition coefficient (Wildman–Crippen LogP) is 6.31. The van der Waals surface area contributed by atoms with Gasteiger partial charge in [0.15, 0.2) is 10.2 Å². The maximum atomic E-state index is 6.34. The van der Waals surface area contributed by atoms with Gasteiger partial charge in [0.25, 0.3) is 0 Å². The SMILES string of the molecule is Cc1ccc(N2C(=S)NC(c3ccccn3)C2c2ccc(Sc3ccccc3)o2)cc1. The molecule has 1 aliphatic rings. The number of nitrogens with one attached hydrogen (secondary N) is 1. The number of hydrogen-bond donors (Lipinski definition) is 1. The Morgan fingerprint density at radius 2 is 1.71 bits per heavy atom. The fraction of sp³-hybridized carbons (Fsp3) is 0.120. The summed E-state index contributed by atoms with van der Waals surface area (Å²) in [4.78, 5) is 7.86. The van der Waals surface area contributed by atoms with E-state index in [1.165, 1.54) is 5.56 Å². The Balaban J connectivity index is 1.53. The average molecular weight is 444 g/mol. The first kappa shape index (κ1) is 19.8. The van der Waals surface area contributed by atoms with Crippen molar-refractivity contribution in [1.29, 1.82) is 0 Å². The monoisotopic (exact) mass is 443 g/mol. The summed E-state index contributed by atoms with van der Waals surface area (Å²) in [5.74, 6) is 0.849. The van der Waals surface area contributed by atoms with Crippen molar-refractivity contribution < 1.29 is 4.42 Å². The molecule has 1 fully saturated rings. The lowest BCUT2D eigenvalue weighted by Crippen LogP contribution is -2.29. The third-order valence-corrected chi connectivity index (χ3v) is 6.51. The Morgan fingerprint density at radius 3 is 2.45 bits per heavy atom. The van der Waals surface area contributed by atoms with Crippen LogP contribution >= 0.6 is 24.0 Å². The second-order valence-electron chi connectivity index (χ2n) is 7.40. The van der Waals surface area contributed by atoms with Gasteiger partial charge in [-0.2, -0.15) is 0 Å². The summed E-state index contributed by atoms with van der Waals surface area (Å²) in [6, 6.07) is 28.4. The van der Waals surface area contributed by atoms with Gasteiger partial charge in [0, 0.05) is 16.8 Å². The number of furan rings is 1. The van der Waals surface area contributed by atoms with Crippen LogP contribution in [0.4, 0.5) is 5.69 Å². The first-order valence-electron chi connectivity index (χ1n) is 10.1. The van der Waals surface area contributed by atoms with Gasteiger partial charge in [0.1, 0.15) is 11.8 Å². The second-order valence-corrected chi connectivity index (χ2v) is 8.87. The van der Waals surface area contributed by atoms with E-state index in [0.717, 1.165) is 27.1 Å². The van der Waals surface area contributed by atoms with Gasteiger partial charge in [-0.05, 0) is 67.7 Å². The molecule has 31 heavy (non-hydrogen) atoms. The van der Waals surface area contributed by atoms with Gasteiger partial charge in [-0.15, -0.1) is 0 Å². The molecular weight excluding hydrogens is 422 g/mol. The van der Waals surface area contributed by atoms with Gasteiger partial charge in [-0.25, -0.2) is 0 Å². The molecule has 0 saturated carbocycles. The topological polar surface area (TPSA) is 41.3 Å². The number of aromatic nitrogens is 1. The van der Waals surface area contributed by atoms with E-state index in [2.05, 4.69) is 58.5 Å². The maximum Gasteiger partial charge on any atom is 0.174 e. The standard InChI is InChI=1S/C25H21N3OS2/c1-17-10-12-18(13-11-17)28-24(23(27-25(28)30)20-9-5-6-16-26-20)21-14-15-22(29-21)31-19-7-3-2-4-8-19/h2-16,23-24H,1H3,(H,27,30). The van der Waals surface area contributed by atoms with Crippen LogP contribution in [0.2, 0.25) is 0 Å². The molecule has 0 amide bonds. The highest BCUT2D eigenvalue weighted by Crippen LogP contribution is 2.43. The Hall–Kier alpha value is -3.09. The average Bonchev–Trinajstić information content (AvgIpc) is 3.40. The minimum absolute atomic E-state index is 0.115. The fourth-order valence-corrected chi connectivity index (χ4v) is 4.93. The van der Waals surface area contributed by atoms with E-state index in [-0.39, 0.29) is 12.1 Å². The van der Waals surface area contributed by atoms with Gasteiger partial charge < -0.3 is 14.6 Å². The van der Waals surface area contributed by atoms with Gasteiger partial charge >= 0.3 is 0 Å². The first-order chi connectivity index (χ1) is 15.2. The molecule has 154 valence electrons. The van der Waals surface area contributed by atoms with Crippen molar-refractivity contribution in [2.45, 2.75) is 29.0 Å². The van der Waals surface area contributed by atoms with Gasteiger partial charge in [-0.1, -0.05) is 53.7 Å². The lowest BCUT2D eigenvalue weighted by molar-refractivity contribution is 0.383. The summed E-state index contributed by atoms with van der Waals surface area (Å²) in [6.07, 6.45) is 1.81. The second kappa shape index (κ2) is 8.57. The molecule has 0 radical (unpaired) electrons. The van der Waals surface area contributed by atoms with E-state index >= 15 is 0 Å². The predicted molar refractivity (Wildman–Crippen MR) is 128 cm³/mol. The van der Waals surface area contributed by atoms with E-state index in [4.69, 9.17) is 16.6 Å². The number of nitrogens with zero attached hydrogens (tertiary/aromatic N) is 2. The van der Waals surface area contributed by atoms with Crippen LogP contribution in [0.15, 0.2) is 106 Å². The zero-order valence-corrected chi connectivity index (χ0v) is 18.6. The number of thiocarbonyl (C=S) groups is 1. The summed E-state index contributed by atoms with van der Waals surface area (Å²) >= 11 is 7.37. The van der Waals surface area contributed by atoms with E-state index in [9.17, 15) is 0 Å². The van der Waals surface area contributed by atoms with Crippen molar-refractivity contribution >= 4 is 34.8 Å². The number of rotatable bonds is 5. The number of anilines is 1. The molecule has 2 unspecified atom stereocenters. The molecule has 5 rings (SSSR count). The normalized spacial score (nSPS) is 18.2. The van der Waals surface area contributed by atoms with Crippen LogP contribution in [-0.4, -0.2) is 10.1 Å². The number of pyridine rings is 1. The van der Waals surface area contributed by atoms with Crippen molar-refractivity contribution in [2.75, 3.05) is 4.90 Å². The molecule has 1 N–H and O–H groups in total. The van der Waals surface area contributed by atoms with Crippen molar-refractivity contribution in [2.24, 2.45) is 0 Å². The summed E-state index contributed by atoms with van der Waals surface area (Å²) in [6.45, 7) is 2.08. The number of hydrogen-bond acceptors (Lipinski definition) is 4. The molecule has 0 spiro atoms. The van der Waals surface area contributed by atoms with Crippen molar-refractivity contribution in [3.8, 4) is 0 Å². The molecule has 6 heteroatoms. The third kappa shape index (κ3) is 4.09. The van der Waals surface area contributed by atoms with E-state index in [1.807, 2.05) is 54.7 Å². The molecule has 0 aliphatic carbocycles. The molecule has 2 aromatic carbocycles. The summed E-state index contributed by atoms with van der Waals surface area (Å²) in [7, 11) is 0. The van der Waals surface area contributed by atoms with Gasteiger partial charge in [-0.3, -0.25) is 4.98 Å². The van der Waals surface area contributed by atoms with Crippen molar-refractivity contribution in [3.05, 3.63) is 108 Å². The van der Waals surface area contributed by atoms with Crippen LogP contribution in [-0.2, 0) is 0 Å². The molecule has 2 atom stereocenters. The van der Waals surface area contributed by atoms with Crippen LogP contribution < -0.4 is 10.2 Å². The van der Waals surface area contributed by atoms with Crippen LogP contribution in [0, 0.1) is 6.92 Å². The quantitative estimate of drug-likeness (QED) is 0.365. The molecule has 4 nitrogen and oxygen atoms in total. The molecule has 4 aromatic rings. The van der Waals surface area contributed by atoms with Crippen LogP contribution in [0.25, 0.3) is 0 Å². The third-order valence-electron chi connectivity index (χ3n) is 5.27. The Labute approximate surface area is 191 Å². The lowest BCUT2D eigenvalue weighted by Gasteiger charge is -2.26. The molecule has 1 saturated heterocycles. The van der Waals surface area contributed by atoms with E-state index < -0.39 is 0 Å². The first-order valence-corrected chi connectivity index (χ1v) is 11.3. The Kier molecular flexibility index (Phi) is 5.49. The van der Waals surface area contributed by atoms with Gasteiger partial charge in [0.2, 0.25) is 0 Å². The highest BCUT2D eigenvalue weighted by molar-refractivity contribution is 7.99. The van der Waals surface area contributed by atoms with Gasteiger partial charge in [0.05, 0.1) is 11.7 Å². The number of aryl methyl sites for hydroxylation is 1. The fourth-order valence-electron chi connectivity index (χ4n) is 3.78. The van der Waals surface area contributed by atoms with Crippen molar-refractivity contribution in [1.82, 2.24) is 10.3 Å². The molecular formula is C25H21N3OS2. The molecule has 1 aliphatic heterocycles. The molecule has 3 heterocycles. The summed E-state index contributed by atoms with van der Waals surface area (Å²) in [5.41, 5.74) is 3.16. The zero-order valence-electron chi connectivity index (χ0n) is 16.9. The minimum Gasteiger partial charge on any atom is -0.452 e. The zero-order chi connectivity index (χ0) is 21.2. The van der Waals surface area contributed by atoms with Crippen LogP contribution in [0.3, 0.4) is 0 Å². The largest absolute Gasteiger partial charge is 0.452 e. The minimum atomic E-state index is -0.143. The maximum absolute atomic E-state index is 6.34. The van der Waals surface area contributed by atoms with Crippen LogP contribution in [0.5, 0.6) is 0 Å². The molecule has 0 bridgehead atoms. The highest BCUT2D eigenvalue weighted by atomic mass is 32.2. The lowest BCUT2D eigenvalue weighted by atomic mass is 10.0. The number of benzene rings is 2. The van der Waals surface area contributed by atoms with E-state index in [0.29, 0.717) is 5.11 Å². The summed E-state index contributed by atoms with van der Waals surface area (Å²) in [5, 5.41) is 4.98. The summed E-state index contributed by atoms with van der Waals surface area (Å²) < 4.78 is 6.34. The van der Waals surface area contributed by atoms with Crippen molar-refractivity contribution in [3.63, 3.8) is 0 Å². The smallest absolute Gasteiger partial charge is 0.174 e. The van der Waals surface area contributed by atoms with E-state index in [1.54, 1.807) is 11.8 Å².